The average molecular weight is 299 g/mol. The highest BCUT2D eigenvalue weighted by Gasteiger charge is 2.69. The maximum absolute atomic E-state index is 14.1. The largest absolute Gasteiger partial charge is 0.544 e. The standard InChI is InChI=1S/C14H24F4O2/c1-6-7-8-9-11(2,3)12(4,5)14(17,18)13(15,16)10(19)20/h6-9H2,1-5H3,(H,19,20)/p-1. The van der Waals surface area contributed by atoms with Crippen LogP contribution in [0.4, 0.5) is 17.6 Å². The topological polar surface area (TPSA) is 40.1 Å². The van der Waals surface area contributed by atoms with Crippen molar-refractivity contribution < 1.29 is 27.5 Å². The van der Waals surface area contributed by atoms with Crippen LogP contribution in [0.15, 0.2) is 0 Å². The number of alkyl halides is 4. The molecule has 0 aliphatic rings. The molecule has 20 heavy (non-hydrogen) atoms. The monoisotopic (exact) mass is 299 g/mol. The predicted octanol–water partition coefficient (Wildman–Crippen LogP) is 3.64. The van der Waals surface area contributed by atoms with Crippen LogP contribution >= 0.6 is 0 Å². The van der Waals surface area contributed by atoms with Crippen molar-refractivity contribution in [2.45, 2.75) is 72.1 Å². The molecule has 0 fully saturated rings. The van der Waals surface area contributed by atoms with Gasteiger partial charge in [-0.2, -0.15) is 17.6 Å². The van der Waals surface area contributed by atoms with E-state index in [9.17, 15) is 27.5 Å². The lowest BCUT2D eigenvalue weighted by Gasteiger charge is -2.49. The van der Waals surface area contributed by atoms with Crippen molar-refractivity contribution in [1.29, 1.82) is 0 Å². The first-order valence-electron chi connectivity index (χ1n) is 6.72. The quantitative estimate of drug-likeness (QED) is 0.507. The highest BCUT2D eigenvalue weighted by Crippen LogP contribution is 2.57. The first-order valence-corrected chi connectivity index (χ1v) is 6.72. The fourth-order valence-electron chi connectivity index (χ4n) is 2.08. The molecule has 0 aliphatic heterocycles. The Balaban J connectivity index is 5.43. The number of unbranched alkanes of at least 4 members (excludes halogenated alkanes) is 2. The van der Waals surface area contributed by atoms with Gasteiger partial charge in [-0.1, -0.05) is 53.9 Å². The lowest BCUT2D eigenvalue weighted by atomic mass is 9.61. The normalized spacial score (nSPS) is 14.4. The summed E-state index contributed by atoms with van der Waals surface area (Å²) in [6.45, 7) is 6.83. The van der Waals surface area contributed by atoms with Gasteiger partial charge in [0.2, 0.25) is 0 Å². The van der Waals surface area contributed by atoms with Crippen molar-refractivity contribution in [2.24, 2.45) is 10.8 Å². The maximum atomic E-state index is 14.1. The zero-order valence-corrected chi connectivity index (χ0v) is 12.7. The average Bonchev–Trinajstić information content (AvgIpc) is 2.28. The molecule has 6 heteroatoms. The number of carboxylic acids is 1. The summed E-state index contributed by atoms with van der Waals surface area (Å²) < 4.78 is 54.8. The van der Waals surface area contributed by atoms with E-state index < -0.39 is 28.6 Å². The molecule has 0 radical (unpaired) electrons. The second-order valence-corrected chi connectivity index (χ2v) is 6.40. The molecule has 0 unspecified atom stereocenters. The van der Waals surface area contributed by atoms with Gasteiger partial charge in [-0.15, -0.1) is 0 Å². The summed E-state index contributed by atoms with van der Waals surface area (Å²) in [7, 11) is 0. The van der Waals surface area contributed by atoms with Gasteiger partial charge in [-0.05, 0) is 11.8 Å². The molecule has 0 heterocycles. The van der Waals surface area contributed by atoms with Gasteiger partial charge in [0, 0.05) is 5.41 Å². The van der Waals surface area contributed by atoms with Gasteiger partial charge < -0.3 is 9.90 Å². The smallest absolute Gasteiger partial charge is 0.349 e. The van der Waals surface area contributed by atoms with Crippen molar-refractivity contribution >= 4 is 5.97 Å². The van der Waals surface area contributed by atoms with Gasteiger partial charge in [0.15, 0.2) is 0 Å². The van der Waals surface area contributed by atoms with Gasteiger partial charge in [-0.25, -0.2) is 0 Å². The Morgan fingerprint density at radius 3 is 1.80 bits per heavy atom. The number of rotatable bonds is 8. The zero-order valence-electron chi connectivity index (χ0n) is 12.7. The SMILES string of the molecule is CCCCCC(C)(C)C(C)(C)C(F)(F)C(F)(F)C(=O)[O-]. The minimum absolute atomic E-state index is 0.312. The molecule has 0 aromatic heterocycles. The number of aliphatic carboxylic acids is 1. The molecule has 0 saturated heterocycles. The fourth-order valence-corrected chi connectivity index (χ4v) is 2.08. The molecule has 0 N–H and O–H groups in total. The van der Waals surface area contributed by atoms with E-state index in [1.54, 1.807) is 0 Å². The van der Waals surface area contributed by atoms with Crippen molar-refractivity contribution in [3.8, 4) is 0 Å². The van der Waals surface area contributed by atoms with E-state index in [-0.39, 0.29) is 0 Å². The number of halogens is 4. The molecular weight excluding hydrogens is 276 g/mol. The Kier molecular flexibility index (Phi) is 5.66. The Morgan fingerprint density at radius 1 is 1.00 bits per heavy atom. The van der Waals surface area contributed by atoms with E-state index in [0.717, 1.165) is 26.7 Å². The van der Waals surface area contributed by atoms with Crippen LogP contribution in [0.3, 0.4) is 0 Å². The third-order valence-electron chi connectivity index (χ3n) is 4.53. The van der Waals surface area contributed by atoms with Gasteiger partial charge >= 0.3 is 11.8 Å². The fraction of sp³-hybridized carbons (Fsp3) is 0.929. The van der Waals surface area contributed by atoms with Crippen molar-refractivity contribution in [3.63, 3.8) is 0 Å². The molecule has 0 bridgehead atoms. The third kappa shape index (κ3) is 3.09. The minimum atomic E-state index is -5.20. The lowest BCUT2D eigenvalue weighted by Crippen LogP contribution is -2.63. The lowest BCUT2D eigenvalue weighted by molar-refractivity contribution is -0.362. The summed E-state index contributed by atoms with van der Waals surface area (Å²) in [5.74, 6) is -12.9. The van der Waals surface area contributed by atoms with Crippen LogP contribution in [0.5, 0.6) is 0 Å². The van der Waals surface area contributed by atoms with Crippen LogP contribution in [-0.4, -0.2) is 17.8 Å². The summed E-state index contributed by atoms with van der Waals surface area (Å²) in [6.07, 6.45) is 2.62. The number of carboxylic acid groups (broad SMARTS) is 1. The summed E-state index contributed by atoms with van der Waals surface area (Å²) >= 11 is 0. The van der Waals surface area contributed by atoms with E-state index in [1.165, 1.54) is 13.8 Å². The van der Waals surface area contributed by atoms with Crippen molar-refractivity contribution in [2.75, 3.05) is 0 Å². The molecule has 0 spiro atoms. The third-order valence-corrected chi connectivity index (χ3v) is 4.53. The van der Waals surface area contributed by atoms with Crippen LogP contribution in [-0.2, 0) is 4.79 Å². The molecule has 0 aromatic carbocycles. The summed E-state index contributed by atoms with van der Waals surface area (Å²) in [5.41, 5.74) is -3.35. The Bertz CT molecular complexity index is 349. The predicted molar refractivity (Wildman–Crippen MR) is 66.6 cm³/mol. The highest BCUT2D eigenvalue weighted by molar-refractivity contribution is 5.74. The van der Waals surface area contributed by atoms with Crippen molar-refractivity contribution in [3.05, 3.63) is 0 Å². The van der Waals surface area contributed by atoms with Gasteiger partial charge in [0.1, 0.15) is 5.97 Å². The second kappa shape index (κ2) is 5.90. The number of carbonyl (C=O) groups is 1. The van der Waals surface area contributed by atoms with E-state index >= 15 is 0 Å². The molecular formula is C14H23F4O2-. The summed E-state index contributed by atoms with van der Waals surface area (Å²) in [4.78, 5) is 10.4. The first kappa shape index (κ1) is 19.2. The molecule has 0 aromatic rings. The summed E-state index contributed by atoms with van der Waals surface area (Å²) in [5, 5.41) is 10.4. The molecule has 0 atom stereocenters. The Morgan fingerprint density at radius 2 is 1.45 bits per heavy atom. The molecule has 0 amide bonds. The number of carbonyl (C=O) groups excluding carboxylic acids is 1. The molecule has 0 rings (SSSR count). The van der Waals surface area contributed by atoms with Gasteiger partial charge in [0.05, 0.1) is 0 Å². The Labute approximate surface area is 117 Å². The number of hydrogen-bond acceptors (Lipinski definition) is 2. The van der Waals surface area contributed by atoms with Crippen LogP contribution in [0, 0.1) is 10.8 Å². The van der Waals surface area contributed by atoms with Crippen LogP contribution in [0.2, 0.25) is 0 Å². The van der Waals surface area contributed by atoms with E-state index in [0.29, 0.717) is 12.8 Å². The number of hydrogen-bond donors (Lipinski definition) is 0. The van der Waals surface area contributed by atoms with Crippen LogP contribution < -0.4 is 5.11 Å². The van der Waals surface area contributed by atoms with E-state index in [1.807, 2.05) is 6.92 Å². The van der Waals surface area contributed by atoms with E-state index in [2.05, 4.69) is 0 Å². The van der Waals surface area contributed by atoms with Gasteiger partial charge in [-0.3, -0.25) is 0 Å². The van der Waals surface area contributed by atoms with Crippen LogP contribution in [0.25, 0.3) is 0 Å². The Hall–Kier alpha value is -0.810. The zero-order chi connectivity index (χ0) is 16.4. The van der Waals surface area contributed by atoms with E-state index in [4.69, 9.17) is 0 Å². The van der Waals surface area contributed by atoms with Crippen LogP contribution in [0.1, 0.15) is 60.3 Å². The maximum Gasteiger partial charge on any atom is 0.349 e. The second-order valence-electron chi connectivity index (χ2n) is 6.40. The van der Waals surface area contributed by atoms with Gasteiger partial charge in [0.25, 0.3) is 0 Å². The molecule has 120 valence electrons. The molecule has 2 nitrogen and oxygen atoms in total. The highest BCUT2D eigenvalue weighted by atomic mass is 19.3. The molecule has 0 aliphatic carbocycles. The first-order chi connectivity index (χ1) is 8.75. The minimum Gasteiger partial charge on any atom is -0.544 e. The van der Waals surface area contributed by atoms with Crippen molar-refractivity contribution in [1.82, 2.24) is 0 Å². The summed E-state index contributed by atoms with van der Waals surface area (Å²) in [6, 6.07) is 0. The molecule has 0 saturated carbocycles.